The summed E-state index contributed by atoms with van der Waals surface area (Å²) < 4.78 is 34.2. The molecule has 2 heterocycles. The lowest BCUT2D eigenvalue weighted by Crippen LogP contribution is -2.30. The van der Waals surface area contributed by atoms with E-state index in [4.69, 9.17) is 4.74 Å². The van der Waals surface area contributed by atoms with Crippen LogP contribution in [0.15, 0.2) is 23.1 Å². The van der Waals surface area contributed by atoms with Crippen LogP contribution in [-0.4, -0.2) is 61.0 Å². The van der Waals surface area contributed by atoms with Crippen molar-refractivity contribution in [3.8, 4) is 0 Å². The topological polar surface area (TPSA) is 93.5 Å². The largest absolute Gasteiger partial charge is 0.381 e. The molecule has 0 saturated carbocycles. The molecule has 1 amide bonds. The van der Waals surface area contributed by atoms with Crippen molar-refractivity contribution in [2.75, 3.05) is 32.8 Å². The molecule has 1 saturated heterocycles. The highest BCUT2D eigenvalue weighted by atomic mass is 32.2. The Kier molecular flexibility index (Phi) is 6.92. The molecule has 1 N–H and O–H groups in total. The van der Waals surface area contributed by atoms with Crippen LogP contribution < -0.4 is 5.32 Å². The van der Waals surface area contributed by atoms with Crippen molar-refractivity contribution in [3.63, 3.8) is 0 Å². The van der Waals surface area contributed by atoms with E-state index in [2.05, 4.69) is 10.3 Å². The minimum atomic E-state index is -3.53. The molecule has 1 aliphatic heterocycles. The number of nitrogens with zero attached hydrogens (tertiary/aromatic N) is 3. The number of amides is 1. The lowest BCUT2D eigenvalue weighted by molar-refractivity contribution is -0.121. The van der Waals surface area contributed by atoms with E-state index in [0.29, 0.717) is 50.5 Å². The first-order chi connectivity index (χ1) is 13.9. The Balaban J connectivity index is 1.69. The zero-order chi connectivity index (χ0) is 21.0. The maximum Gasteiger partial charge on any atom is 0.243 e. The van der Waals surface area contributed by atoms with Crippen molar-refractivity contribution < 1.29 is 17.9 Å². The molecule has 1 aromatic carbocycles. The van der Waals surface area contributed by atoms with Crippen LogP contribution in [-0.2, 0) is 33.0 Å². The molecule has 0 radical (unpaired) electrons. The number of hydrogen-bond donors (Lipinski definition) is 1. The van der Waals surface area contributed by atoms with Crippen LogP contribution in [0.5, 0.6) is 0 Å². The van der Waals surface area contributed by atoms with Crippen molar-refractivity contribution in [2.45, 2.75) is 38.0 Å². The van der Waals surface area contributed by atoms with Crippen LogP contribution in [0.25, 0.3) is 11.0 Å². The summed E-state index contributed by atoms with van der Waals surface area (Å²) >= 11 is 0. The number of fused-ring (bicyclic) bond motifs is 1. The highest BCUT2D eigenvalue weighted by Gasteiger charge is 2.23. The highest BCUT2D eigenvalue weighted by molar-refractivity contribution is 7.89. The second kappa shape index (κ2) is 9.23. The van der Waals surface area contributed by atoms with Gasteiger partial charge in [0.2, 0.25) is 15.9 Å². The Morgan fingerprint density at radius 3 is 2.76 bits per heavy atom. The Hall–Kier alpha value is -1.97. The van der Waals surface area contributed by atoms with Gasteiger partial charge in [0, 0.05) is 52.0 Å². The highest BCUT2D eigenvalue weighted by Crippen LogP contribution is 2.22. The number of nitrogens with one attached hydrogen (secondary N) is 1. The summed E-state index contributed by atoms with van der Waals surface area (Å²) in [5.74, 6) is 1.16. The normalized spacial score (nSPS) is 17.3. The average molecular weight is 423 g/mol. The number of carbonyl (C=O) groups excluding carboxylic acids is 1. The van der Waals surface area contributed by atoms with Gasteiger partial charge in [0.15, 0.2) is 0 Å². The Morgan fingerprint density at radius 1 is 1.34 bits per heavy atom. The van der Waals surface area contributed by atoms with Crippen molar-refractivity contribution in [1.82, 2.24) is 19.2 Å². The molecule has 9 heteroatoms. The molecule has 1 fully saturated rings. The van der Waals surface area contributed by atoms with E-state index in [0.717, 1.165) is 24.4 Å². The maximum absolute atomic E-state index is 12.8. The summed E-state index contributed by atoms with van der Waals surface area (Å²) in [5, 5.41) is 2.96. The number of benzene rings is 1. The fourth-order valence-corrected chi connectivity index (χ4v) is 5.12. The second-order valence-corrected chi connectivity index (χ2v) is 9.30. The number of ether oxygens (including phenoxy) is 1. The van der Waals surface area contributed by atoms with Crippen LogP contribution in [0, 0.1) is 5.92 Å². The number of sulfonamides is 1. The molecule has 1 atom stereocenters. The molecule has 1 aliphatic rings. The number of imidazole rings is 1. The Bertz CT molecular complexity index is 960. The van der Waals surface area contributed by atoms with Gasteiger partial charge in [0.05, 0.1) is 22.5 Å². The monoisotopic (exact) mass is 422 g/mol. The van der Waals surface area contributed by atoms with E-state index in [9.17, 15) is 13.2 Å². The van der Waals surface area contributed by atoms with Crippen molar-refractivity contribution in [2.24, 2.45) is 13.0 Å². The fourth-order valence-electron chi connectivity index (χ4n) is 3.64. The average Bonchev–Trinajstić information content (AvgIpc) is 3.33. The number of carbonyl (C=O) groups is 1. The first-order valence-corrected chi connectivity index (χ1v) is 11.6. The van der Waals surface area contributed by atoms with Crippen LogP contribution in [0.4, 0.5) is 0 Å². The van der Waals surface area contributed by atoms with Gasteiger partial charge in [0.1, 0.15) is 5.82 Å². The number of rotatable bonds is 9. The third-order valence-corrected chi connectivity index (χ3v) is 7.52. The van der Waals surface area contributed by atoms with E-state index < -0.39 is 10.0 Å². The smallest absolute Gasteiger partial charge is 0.243 e. The predicted molar refractivity (Wildman–Crippen MR) is 111 cm³/mol. The SMILES string of the molecule is CCN(CC)S(=O)(=O)c1ccc2c(c1)nc(CCC(=O)NCC1CCOC1)n2C. The molecule has 160 valence electrons. The van der Waals surface area contributed by atoms with E-state index in [1.54, 1.807) is 18.2 Å². The quantitative estimate of drug-likeness (QED) is 0.664. The summed E-state index contributed by atoms with van der Waals surface area (Å²) in [6, 6.07) is 5.02. The molecule has 1 unspecified atom stereocenters. The second-order valence-electron chi connectivity index (χ2n) is 7.36. The van der Waals surface area contributed by atoms with E-state index in [1.165, 1.54) is 4.31 Å². The van der Waals surface area contributed by atoms with Gasteiger partial charge in [-0.05, 0) is 24.6 Å². The van der Waals surface area contributed by atoms with Gasteiger partial charge in [-0.2, -0.15) is 4.31 Å². The zero-order valence-corrected chi connectivity index (χ0v) is 18.2. The first kappa shape index (κ1) is 21.7. The molecule has 0 spiro atoms. The molecule has 1 aromatic heterocycles. The molecule has 3 rings (SSSR count). The molecule has 0 bridgehead atoms. The Morgan fingerprint density at radius 2 is 2.10 bits per heavy atom. The van der Waals surface area contributed by atoms with E-state index in [1.807, 2.05) is 25.5 Å². The molecule has 0 aliphatic carbocycles. The number of aryl methyl sites for hydroxylation is 2. The standard InChI is InChI=1S/C20H30N4O4S/c1-4-24(5-2)29(26,27)16-6-7-18-17(12-16)22-19(23(18)3)8-9-20(25)21-13-15-10-11-28-14-15/h6-7,12,15H,4-5,8-11,13-14H2,1-3H3,(H,21,25). The van der Waals surface area contributed by atoms with Gasteiger partial charge in [0.25, 0.3) is 0 Å². The van der Waals surface area contributed by atoms with E-state index in [-0.39, 0.29) is 10.8 Å². The maximum atomic E-state index is 12.8. The summed E-state index contributed by atoms with van der Waals surface area (Å²) in [6.07, 6.45) is 1.83. The van der Waals surface area contributed by atoms with E-state index >= 15 is 0 Å². The van der Waals surface area contributed by atoms with Gasteiger partial charge in [-0.25, -0.2) is 13.4 Å². The first-order valence-electron chi connectivity index (χ1n) is 10.2. The van der Waals surface area contributed by atoms with Crippen LogP contribution in [0.2, 0.25) is 0 Å². The molecule has 2 aromatic rings. The van der Waals surface area contributed by atoms with Crippen LogP contribution >= 0.6 is 0 Å². The van der Waals surface area contributed by atoms with Crippen molar-refractivity contribution in [3.05, 3.63) is 24.0 Å². The third-order valence-electron chi connectivity index (χ3n) is 5.48. The molecule has 8 nitrogen and oxygen atoms in total. The van der Waals surface area contributed by atoms with Crippen molar-refractivity contribution in [1.29, 1.82) is 0 Å². The molecular formula is C20H30N4O4S. The van der Waals surface area contributed by atoms with Gasteiger partial charge < -0.3 is 14.6 Å². The van der Waals surface area contributed by atoms with Gasteiger partial charge in [-0.3, -0.25) is 4.79 Å². The van der Waals surface area contributed by atoms with Gasteiger partial charge in [-0.1, -0.05) is 13.8 Å². The summed E-state index contributed by atoms with van der Waals surface area (Å²) in [6.45, 7) is 6.62. The molecular weight excluding hydrogens is 392 g/mol. The Labute approximate surface area is 172 Å². The minimum Gasteiger partial charge on any atom is -0.381 e. The number of aromatic nitrogens is 2. The number of hydrogen-bond acceptors (Lipinski definition) is 5. The summed E-state index contributed by atoms with van der Waals surface area (Å²) in [4.78, 5) is 17.0. The third kappa shape index (κ3) is 4.79. The fraction of sp³-hybridized carbons (Fsp3) is 0.600. The lowest BCUT2D eigenvalue weighted by atomic mass is 10.1. The minimum absolute atomic E-state index is 0.00578. The summed E-state index contributed by atoms with van der Waals surface area (Å²) in [5.41, 5.74) is 1.47. The zero-order valence-electron chi connectivity index (χ0n) is 17.3. The lowest BCUT2D eigenvalue weighted by Gasteiger charge is -2.18. The predicted octanol–water partition coefficient (Wildman–Crippen LogP) is 1.69. The summed E-state index contributed by atoms with van der Waals surface area (Å²) in [7, 11) is -1.64. The van der Waals surface area contributed by atoms with Gasteiger partial charge >= 0.3 is 0 Å². The molecule has 29 heavy (non-hydrogen) atoms. The van der Waals surface area contributed by atoms with Crippen molar-refractivity contribution >= 4 is 27.0 Å². The van der Waals surface area contributed by atoms with Crippen LogP contribution in [0.1, 0.15) is 32.5 Å². The van der Waals surface area contributed by atoms with Gasteiger partial charge in [-0.15, -0.1) is 0 Å². The van der Waals surface area contributed by atoms with Crippen LogP contribution in [0.3, 0.4) is 0 Å².